The molecule has 1 aromatic carbocycles. The van der Waals surface area contributed by atoms with Crippen LogP contribution in [0.15, 0.2) is 36.7 Å². The number of pyridine rings is 1. The molecule has 0 amide bonds. The third-order valence-corrected chi connectivity index (χ3v) is 2.79. The minimum atomic E-state index is 0.946. The maximum atomic E-state index is 4.14. The molecule has 1 aromatic heterocycles. The molecule has 0 saturated heterocycles. The molecule has 0 unspecified atom stereocenters. The first kappa shape index (κ1) is 11.1. The lowest BCUT2D eigenvalue weighted by atomic mass is 10.1. The standard InChI is InChI=1S/C14H18N2/c1-2-3-8-15-10-12-5-4-6-13-11-16-9-7-14(12)13/h4-7,9,11,15H,2-3,8,10H2,1H3. The first-order valence-electron chi connectivity index (χ1n) is 5.94. The van der Waals surface area contributed by atoms with Gasteiger partial charge in [0.1, 0.15) is 0 Å². The Morgan fingerprint density at radius 1 is 1.25 bits per heavy atom. The molecule has 2 rings (SSSR count). The monoisotopic (exact) mass is 214 g/mol. The number of benzene rings is 1. The quantitative estimate of drug-likeness (QED) is 0.773. The zero-order valence-electron chi connectivity index (χ0n) is 9.74. The number of nitrogens with zero attached hydrogens (tertiary/aromatic N) is 1. The Bertz CT molecular complexity index is 446. The van der Waals surface area contributed by atoms with Crippen molar-refractivity contribution in [1.29, 1.82) is 0 Å². The van der Waals surface area contributed by atoms with Crippen LogP contribution >= 0.6 is 0 Å². The van der Waals surface area contributed by atoms with Crippen molar-refractivity contribution >= 4 is 10.8 Å². The number of nitrogens with one attached hydrogen (secondary N) is 1. The fraction of sp³-hybridized carbons (Fsp3) is 0.357. The molecular formula is C14H18N2. The number of unbranched alkanes of at least 4 members (excludes halogenated alkanes) is 1. The lowest BCUT2D eigenvalue weighted by Gasteiger charge is -2.07. The Hall–Kier alpha value is -1.41. The molecule has 0 aliphatic carbocycles. The van der Waals surface area contributed by atoms with Crippen LogP contribution in [0.2, 0.25) is 0 Å². The second-order valence-corrected chi connectivity index (χ2v) is 4.04. The van der Waals surface area contributed by atoms with E-state index in [-0.39, 0.29) is 0 Å². The van der Waals surface area contributed by atoms with Crippen LogP contribution in [0.25, 0.3) is 10.8 Å². The Labute approximate surface area is 96.7 Å². The summed E-state index contributed by atoms with van der Waals surface area (Å²) in [6.07, 6.45) is 6.27. The first-order chi connectivity index (χ1) is 7.92. The summed E-state index contributed by atoms with van der Waals surface area (Å²) in [5, 5.41) is 6.00. The largest absolute Gasteiger partial charge is 0.313 e. The molecule has 1 N–H and O–H groups in total. The molecule has 16 heavy (non-hydrogen) atoms. The Morgan fingerprint density at radius 2 is 2.19 bits per heavy atom. The van der Waals surface area contributed by atoms with Crippen molar-refractivity contribution in [3.05, 3.63) is 42.2 Å². The zero-order valence-corrected chi connectivity index (χ0v) is 9.74. The fourth-order valence-electron chi connectivity index (χ4n) is 1.87. The summed E-state index contributed by atoms with van der Waals surface area (Å²) >= 11 is 0. The van der Waals surface area contributed by atoms with Gasteiger partial charge in [-0.25, -0.2) is 0 Å². The lowest BCUT2D eigenvalue weighted by molar-refractivity contribution is 0.643. The van der Waals surface area contributed by atoms with Gasteiger partial charge < -0.3 is 5.32 Å². The molecular weight excluding hydrogens is 196 g/mol. The van der Waals surface area contributed by atoms with Crippen molar-refractivity contribution in [1.82, 2.24) is 10.3 Å². The van der Waals surface area contributed by atoms with Crippen LogP contribution < -0.4 is 5.32 Å². The van der Waals surface area contributed by atoms with Gasteiger partial charge in [-0.2, -0.15) is 0 Å². The Morgan fingerprint density at radius 3 is 3.06 bits per heavy atom. The summed E-state index contributed by atoms with van der Waals surface area (Å²) in [5.74, 6) is 0. The highest BCUT2D eigenvalue weighted by Crippen LogP contribution is 2.16. The van der Waals surface area contributed by atoms with Crippen LogP contribution in [0.4, 0.5) is 0 Å². The van der Waals surface area contributed by atoms with Gasteiger partial charge in [0, 0.05) is 24.3 Å². The molecule has 0 atom stereocenters. The van der Waals surface area contributed by atoms with Gasteiger partial charge in [-0.05, 0) is 30.0 Å². The van der Waals surface area contributed by atoms with E-state index in [2.05, 4.69) is 41.5 Å². The molecule has 0 spiro atoms. The van der Waals surface area contributed by atoms with Crippen LogP contribution in [0.3, 0.4) is 0 Å². The highest BCUT2D eigenvalue weighted by Gasteiger charge is 1.99. The van der Waals surface area contributed by atoms with Crippen molar-refractivity contribution in [3.63, 3.8) is 0 Å². The summed E-state index contributed by atoms with van der Waals surface area (Å²) < 4.78 is 0. The summed E-state index contributed by atoms with van der Waals surface area (Å²) in [6, 6.07) is 8.48. The molecule has 0 radical (unpaired) electrons. The Kier molecular flexibility index (Phi) is 3.89. The predicted octanol–water partition coefficient (Wildman–Crippen LogP) is 3.12. The van der Waals surface area contributed by atoms with E-state index in [0.29, 0.717) is 0 Å². The fourth-order valence-corrected chi connectivity index (χ4v) is 1.87. The van der Waals surface area contributed by atoms with Gasteiger partial charge in [0.05, 0.1) is 0 Å². The van der Waals surface area contributed by atoms with Gasteiger partial charge in [0.15, 0.2) is 0 Å². The first-order valence-corrected chi connectivity index (χ1v) is 5.94. The van der Waals surface area contributed by atoms with Crippen LogP contribution in [-0.4, -0.2) is 11.5 Å². The van der Waals surface area contributed by atoms with E-state index >= 15 is 0 Å². The van der Waals surface area contributed by atoms with Gasteiger partial charge >= 0.3 is 0 Å². The molecule has 0 saturated carbocycles. The molecule has 2 nitrogen and oxygen atoms in total. The molecule has 2 aromatic rings. The minimum Gasteiger partial charge on any atom is -0.313 e. The van der Waals surface area contributed by atoms with E-state index in [1.54, 1.807) is 0 Å². The van der Waals surface area contributed by atoms with Gasteiger partial charge in [0.2, 0.25) is 0 Å². The predicted molar refractivity (Wildman–Crippen MR) is 68.4 cm³/mol. The van der Waals surface area contributed by atoms with Gasteiger partial charge in [0.25, 0.3) is 0 Å². The van der Waals surface area contributed by atoms with E-state index in [9.17, 15) is 0 Å². The van der Waals surface area contributed by atoms with Gasteiger partial charge in [-0.15, -0.1) is 0 Å². The smallest absolute Gasteiger partial charge is 0.0346 e. The SMILES string of the molecule is CCCCNCc1cccc2cnccc12. The average Bonchev–Trinajstić information content (AvgIpc) is 2.35. The molecule has 0 bridgehead atoms. The summed E-state index contributed by atoms with van der Waals surface area (Å²) in [5.41, 5.74) is 1.36. The number of hydrogen-bond donors (Lipinski definition) is 1. The topological polar surface area (TPSA) is 24.9 Å². The number of hydrogen-bond acceptors (Lipinski definition) is 2. The molecule has 0 aliphatic heterocycles. The average molecular weight is 214 g/mol. The summed E-state index contributed by atoms with van der Waals surface area (Å²) in [4.78, 5) is 4.14. The number of aromatic nitrogens is 1. The third-order valence-electron chi connectivity index (χ3n) is 2.79. The second kappa shape index (κ2) is 5.61. The van der Waals surface area contributed by atoms with Crippen molar-refractivity contribution in [3.8, 4) is 0 Å². The molecule has 0 fully saturated rings. The van der Waals surface area contributed by atoms with E-state index in [0.717, 1.165) is 13.1 Å². The van der Waals surface area contributed by atoms with Crippen LogP contribution in [0.5, 0.6) is 0 Å². The second-order valence-electron chi connectivity index (χ2n) is 4.04. The van der Waals surface area contributed by atoms with E-state index in [1.807, 2.05) is 12.4 Å². The Balaban J connectivity index is 2.11. The molecule has 84 valence electrons. The van der Waals surface area contributed by atoms with Gasteiger partial charge in [-0.3, -0.25) is 4.98 Å². The lowest BCUT2D eigenvalue weighted by Crippen LogP contribution is -2.14. The maximum Gasteiger partial charge on any atom is 0.0346 e. The van der Waals surface area contributed by atoms with Crippen molar-refractivity contribution < 1.29 is 0 Å². The van der Waals surface area contributed by atoms with E-state index in [4.69, 9.17) is 0 Å². The van der Waals surface area contributed by atoms with Crippen LogP contribution in [-0.2, 0) is 6.54 Å². The summed E-state index contributed by atoms with van der Waals surface area (Å²) in [6.45, 7) is 4.25. The highest BCUT2D eigenvalue weighted by molar-refractivity contribution is 5.84. The third kappa shape index (κ3) is 2.58. The summed E-state index contributed by atoms with van der Waals surface area (Å²) in [7, 11) is 0. The normalized spacial score (nSPS) is 10.8. The van der Waals surface area contributed by atoms with Gasteiger partial charge in [-0.1, -0.05) is 31.5 Å². The van der Waals surface area contributed by atoms with E-state index in [1.165, 1.54) is 29.2 Å². The number of fused-ring (bicyclic) bond motifs is 1. The minimum absolute atomic E-state index is 0.946. The van der Waals surface area contributed by atoms with E-state index < -0.39 is 0 Å². The van der Waals surface area contributed by atoms with Crippen molar-refractivity contribution in [2.45, 2.75) is 26.3 Å². The molecule has 0 aliphatic rings. The highest BCUT2D eigenvalue weighted by atomic mass is 14.8. The van der Waals surface area contributed by atoms with Crippen LogP contribution in [0.1, 0.15) is 25.3 Å². The molecule has 2 heteroatoms. The molecule has 1 heterocycles. The number of rotatable bonds is 5. The maximum absolute atomic E-state index is 4.14. The zero-order chi connectivity index (χ0) is 11.2. The van der Waals surface area contributed by atoms with Crippen molar-refractivity contribution in [2.75, 3.05) is 6.54 Å². The van der Waals surface area contributed by atoms with Crippen molar-refractivity contribution in [2.24, 2.45) is 0 Å². The van der Waals surface area contributed by atoms with Crippen LogP contribution in [0, 0.1) is 0 Å².